The van der Waals surface area contributed by atoms with E-state index in [1.165, 1.54) is 6.07 Å². The fourth-order valence-corrected chi connectivity index (χ4v) is 2.39. The largest absolute Gasteiger partial charge is 0.417 e. The number of carbonyl (C=O) groups excluding carboxylic acids is 1. The maximum Gasteiger partial charge on any atom is 0.417 e. The van der Waals surface area contributed by atoms with E-state index in [1.54, 1.807) is 6.92 Å². The Morgan fingerprint density at radius 1 is 1.40 bits per heavy atom. The van der Waals surface area contributed by atoms with E-state index in [2.05, 4.69) is 30.6 Å². The van der Waals surface area contributed by atoms with Gasteiger partial charge < -0.3 is 0 Å². The monoisotopic (exact) mass is 365 g/mol. The molecule has 0 spiro atoms. The number of rotatable bonds is 2. The number of aromatic nitrogens is 2. The Bertz CT molecular complexity index is 657. The first-order chi connectivity index (χ1) is 9.27. The Morgan fingerprint density at radius 3 is 2.65 bits per heavy atom. The van der Waals surface area contributed by atoms with Gasteiger partial charge in [-0.2, -0.15) is 17.5 Å². The van der Waals surface area contributed by atoms with E-state index in [0.29, 0.717) is 5.82 Å². The maximum absolute atomic E-state index is 12.9. The van der Waals surface area contributed by atoms with Gasteiger partial charge in [-0.1, -0.05) is 15.9 Å². The molecule has 0 aliphatic heterocycles. The summed E-state index contributed by atoms with van der Waals surface area (Å²) in [6, 6.07) is 3.34. The minimum atomic E-state index is -4.62. The number of amides is 1. The second kappa shape index (κ2) is 5.49. The van der Waals surface area contributed by atoms with Crippen molar-refractivity contribution in [3.05, 3.63) is 39.6 Å². The topological polar surface area (TPSA) is 54.9 Å². The lowest BCUT2D eigenvalue weighted by Crippen LogP contribution is -2.18. The Kier molecular flexibility index (Phi) is 4.09. The maximum atomic E-state index is 12.9. The van der Waals surface area contributed by atoms with E-state index >= 15 is 0 Å². The molecule has 4 nitrogen and oxygen atoms in total. The van der Waals surface area contributed by atoms with Crippen LogP contribution in [0.5, 0.6) is 0 Å². The molecule has 9 heteroatoms. The zero-order valence-corrected chi connectivity index (χ0v) is 12.4. The van der Waals surface area contributed by atoms with Crippen LogP contribution in [0.1, 0.15) is 21.7 Å². The second-order valence-electron chi connectivity index (χ2n) is 3.79. The molecular weight excluding hydrogens is 359 g/mol. The van der Waals surface area contributed by atoms with Gasteiger partial charge in [0.1, 0.15) is 5.82 Å². The number of aryl methyl sites for hydroxylation is 1. The minimum absolute atomic E-state index is 0.156. The zero-order chi connectivity index (χ0) is 14.9. The lowest BCUT2D eigenvalue weighted by molar-refractivity contribution is -0.137. The lowest BCUT2D eigenvalue weighted by Gasteiger charge is -2.12. The van der Waals surface area contributed by atoms with Crippen molar-refractivity contribution in [3.8, 4) is 0 Å². The van der Waals surface area contributed by atoms with Gasteiger partial charge in [-0.25, -0.2) is 4.98 Å². The summed E-state index contributed by atoms with van der Waals surface area (Å²) in [4.78, 5) is 15.8. The van der Waals surface area contributed by atoms with Crippen molar-refractivity contribution < 1.29 is 18.0 Å². The Labute approximate surface area is 124 Å². The number of anilines is 1. The quantitative estimate of drug-likeness (QED) is 0.878. The molecule has 1 amide bonds. The van der Waals surface area contributed by atoms with Crippen molar-refractivity contribution in [1.29, 1.82) is 0 Å². The van der Waals surface area contributed by atoms with E-state index in [9.17, 15) is 18.0 Å². The first-order valence-electron chi connectivity index (χ1n) is 5.26. The van der Waals surface area contributed by atoms with E-state index < -0.39 is 23.2 Å². The molecule has 0 bridgehead atoms. The van der Waals surface area contributed by atoms with Gasteiger partial charge in [0.15, 0.2) is 0 Å². The summed E-state index contributed by atoms with van der Waals surface area (Å²) in [5.41, 5.74) is -1.47. The summed E-state index contributed by atoms with van der Waals surface area (Å²) in [6.07, 6.45) is -4.62. The predicted octanol–water partition coefficient (Wildman–Crippen LogP) is 3.88. The van der Waals surface area contributed by atoms with Gasteiger partial charge in [0.25, 0.3) is 5.91 Å². The van der Waals surface area contributed by atoms with Crippen LogP contribution >= 0.6 is 27.5 Å². The van der Waals surface area contributed by atoms with Crippen LogP contribution in [0.25, 0.3) is 0 Å². The highest BCUT2D eigenvalue weighted by Gasteiger charge is 2.35. The van der Waals surface area contributed by atoms with E-state index in [0.717, 1.165) is 23.7 Å². The summed E-state index contributed by atoms with van der Waals surface area (Å²) < 4.78 is 42.8. The molecule has 0 aliphatic rings. The number of hydrogen-bond acceptors (Lipinski definition) is 4. The zero-order valence-electron chi connectivity index (χ0n) is 9.95. The summed E-state index contributed by atoms with van der Waals surface area (Å²) in [6.45, 7) is 1.62. The number of nitrogens with one attached hydrogen (secondary N) is 1. The number of alkyl halides is 3. The fourth-order valence-electron chi connectivity index (χ4n) is 1.46. The molecule has 0 unspecified atom stereocenters. The van der Waals surface area contributed by atoms with Gasteiger partial charge in [0, 0.05) is 16.0 Å². The third-order valence-corrected chi connectivity index (χ3v) is 3.49. The van der Waals surface area contributed by atoms with E-state index in [-0.39, 0.29) is 9.60 Å². The summed E-state index contributed by atoms with van der Waals surface area (Å²) in [5.74, 6) is -0.432. The highest BCUT2D eigenvalue weighted by atomic mass is 79.9. The number of benzene rings is 1. The van der Waals surface area contributed by atoms with E-state index in [1.807, 2.05) is 0 Å². The molecule has 2 aromatic rings. The van der Waals surface area contributed by atoms with Crippen LogP contribution in [-0.4, -0.2) is 15.3 Å². The Morgan fingerprint density at radius 2 is 2.10 bits per heavy atom. The molecule has 1 aromatic carbocycles. The third kappa shape index (κ3) is 3.34. The van der Waals surface area contributed by atoms with Gasteiger partial charge in [-0.15, -0.1) is 0 Å². The van der Waals surface area contributed by atoms with Crippen molar-refractivity contribution in [1.82, 2.24) is 9.36 Å². The van der Waals surface area contributed by atoms with Crippen LogP contribution in [0.3, 0.4) is 0 Å². The molecule has 0 saturated carbocycles. The second-order valence-corrected chi connectivity index (χ2v) is 5.46. The molecule has 1 heterocycles. The molecule has 1 aromatic heterocycles. The smallest absolute Gasteiger partial charge is 0.297 e. The summed E-state index contributed by atoms with van der Waals surface area (Å²) in [5, 5.41) is 2.46. The molecule has 0 saturated heterocycles. The molecule has 2 rings (SSSR count). The molecule has 0 radical (unpaired) electrons. The first-order valence-corrected chi connectivity index (χ1v) is 6.82. The van der Waals surface area contributed by atoms with E-state index in [4.69, 9.17) is 0 Å². The van der Waals surface area contributed by atoms with Crippen LogP contribution in [0.4, 0.5) is 18.3 Å². The van der Waals surface area contributed by atoms with Crippen LogP contribution < -0.4 is 5.32 Å². The third-order valence-electron chi connectivity index (χ3n) is 2.28. The number of nitrogens with zero attached hydrogens (tertiary/aromatic N) is 2. The standard InChI is InChI=1S/C11H7BrF3N3OS/c1-5-16-10(20-18-5)17-9(19)7-3-2-6(12)4-8(7)11(13,14)15/h2-4H,1H3,(H,16,17,18,19). The van der Waals surface area contributed by atoms with Gasteiger partial charge in [0.05, 0.1) is 11.1 Å². The molecule has 20 heavy (non-hydrogen) atoms. The SMILES string of the molecule is Cc1nsc(NC(=O)c2ccc(Br)cc2C(F)(F)F)n1. The average Bonchev–Trinajstić information content (AvgIpc) is 2.73. The van der Waals surface area contributed by atoms with Gasteiger partial charge in [-0.3, -0.25) is 10.1 Å². The minimum Gasteiger partial charge on any atom is -0.297 e. The van der Waals surface area contributed by atoms with Gasteiger partial charge in [0.2, 0.25) is 5.13 Å². The number of carbonyl (C=O) groups is 1. The number of halogens is 4. The van der Waals surface area contributed by atoms with Crippen molar-refractivity contribution >= 4 is 38.5 Å². The molecular formula is C11H7BrF3N3OS. The molecule has 1 N–H and O–H groups in total. The lowest BCUT2D eigenvalue weighted by atomic mass is 10.1. The average molecular weight is 366 g/mol. The molecule has 0 fully saturated rings. The van der Waals surface area contributed by atoms with Crippen LogP contribution in [0.15, 0.2) is 22.7 Å². The molecule has 106 valence electrons. The predicted molar refractivity (Wildman–Crippen MR) is 71.7 cm³/mol. The summed E-state index contributed by atoms with van der Waals surface area (Å²) >= 11 is 3.86. The summed E-state index contributed by atoms with van der Waals surface area (Å²) in [7, 11) is 0. The van der Waals surface area contributed by atoms with Crippen LogP contribution in [0.2, 0.25) is 0 Å². The highest BCUT2D eigenvalue weighted by Crippen LogP contribution is 2.34. The van der Waals surface area contributed by atoms with Gasteiger partial charge >= 0.3 is 6.18 Å². The highest BCUT2D eigenvalue weighted by molar-refractivity contribution is 9.10. The van der Waals surface area contributed by atoms with Crippen molar-refractivity contribution in [2.24, 2.45) is 0 Å². The van der Waals surface area contributed by atoms with Gasteiger partial charge in [-0.05, 0) is 25.1 Å². The normalized spacial score (nSPS) is 11.4. The number of hydrogen-bond donors (Lipinski definition) is 1. The molecule has 0 aliphatic carbocycles. The van der Waals surface area contributed by atoms with Crippen molar-refractivity contribution in [2.45, 2.75) is 13.1 Å². The molecule has 0 atom stereocenters. The van der Waals surface area contributed by atoms with Crippen molar-refractivity contribution in [3.63, 3.8) is 0 Å². The first kappa shape index (κ1) is 14.9. The Balaban J connectivity index is 2.34. The van der Waals surface area contributed by atoms with Crippen LogP contribution in [0, 0.1) is 6.92 Å². The fraction of sp³-hybridized carbons (Fsp3) is 0.182. The Hall–Kier alpha value is -1.48. The van der Waals surface area contributed by atoms with Crippen LogP contribution in [-0.2, 0) is 6.18 Å². The van der Waals surface area contributed by atoms with Crippen molar-refractivity contribution in [2.75, 3.05) is 5.32 Å².